The molecule has 3 aromatic heterocycles. The zero-order chi connectivity index (χ0) is 15.9. The van der Waals surface area contributed by atoms with Gasteiger partial charge in [-0.1, -0.05) is 11.6 Å². The molecule has 0 atom stereocenters. The molecule has 0 saturated carbocycles. The molecule has 0 saturated heterocycles. The molecular weight excluding hydrogens is 304 g/mol. The van der Waals surface area contributed by atoms with Crippen molar-refractivity contribution in [2.45, 2.75) is 20.4 Å². The first-order valence-electron chi connectivity index (χ1n) is 6.74. The molecule has 22 heavy (non-hydrogen) atoms. The van der Waals surface area contributed by atoms with Gasteiger partial charge in [0.25, 0.3) is 0 Å². The number of fused-ring (bicyclic) bond motifs is 1. The number of rotatable bonds is 3. The van der Waals surface area contributed by atoms with Crippen molar-refractivity contribution in [1.29, 1.82) is 0 Å². The van der Waals surface area contributed by atoms with Gasteiger partial charge in [-0.25, -0.2) is 19.4 Å². The molecule has 0 aliphatic rings. The predicted molar refractivity (Wildman–Crippen MR) is 83.1 cm³/mol. The predicted octanol–water partition coefficient (Wildman–Crippen LogP) is 3.17. The van der Waals surface area contributed by atoms with Crippen LogP contribution < -0.4 is 0 Å². The first-order valence-corrected chi connectivity index (χ1v) is 7.12. The summed E-state index contributed by atoms with van der Waals surface area (Å²) in [5, 5.41) is 14.9. The SMILES string of the molecule is CCn1ncc2c(-c3ccnc(Cl)c3)c(C(=O)O)c(C)nc21. The highest BCUT2D eigenvalue weighted by Crippen LogP contribution is 2.33. The molecular formula is C15H13ClN4O2. The molecule has 3 rings (SSSR count). The lowest BCUT2D eigenvalue weighted by Crippen LogP contribution is -2.07. The minimum Gasteiger partial charge on any atom is -0.478 e. The maximum absolute atomic E-state index is 11.7. The minimum atomic E-state index is -1.03. The van der Waals surface area contributed by atoms with Crippen LogP contribution in [-0.2, 0) is 6.54 Å². The molecule has 3 heterocycles. The third-order valence-electron chi connectivity index (χ3n) is 3.50. The molecule has 112 valence electrons. The molecule has 0 aromatic carbocycles. The third kappa shape index (κ3) is 2.21. The van der Waals surface area contributed by atoms with E-state index in [1.165, 1.54) is 0 Å². The Labute approximate surface area is 131 Å². The normalized spacial score (nSPS) is 11.0. The Morgan fingerprint density at radius 2 is 2.23 bits per heavy atom. The lowest BCUT2D eigenvalue weighted by molar-refractivity contribution is 0.0696. The van der Waals surface area contributed by atoms with Gasteiger partial charge in [-0.2, -0.15) is 5.10 Å². The van der Waals surface area contributed by atoms with Crippen molar-refractivity contribution < 1.29 is 9.90 Å². The highest BCUT2D eigenvalue weighted by molar-refractivity contribution is 6.29. The van der Waals surface area contributed by atoms with Gasteiger partial charge in [0, 0.05) is 23.7 Å². The topological polar surface area (TPSA) is 80.9 Å². The lowest BCUT2D eigenvalue weighted by Gasteiger charge is -2.11. The number of hydrogen-bond acceptors (Lipinski definition) is 4. The zero-order valence-electron chi connectivity index (χ0n) is 12.0. The van der Waals surface area contributed by atoms with Crippen molar-refractivity contribution in [3.05, 3.63) is 40.9 Å². The monoisotopic (exact) mass is 316 g/mol. The maximum Gasteiger partial charge on any atom is 0.338 e. The zero-order valence-corrected chi connectivity index (χ0v) is 12.8. The van der Waals surface area contributed by atoms with E-state index in [2.05, 4.69) is 15.1 Å². The van der Waals surface area contributed by atoms with Gasteiger partial charge >= 0.3 is 5.97 Å². The van der Waals surface area contributed by atoms with Gasteiger partial charge in [-0.3, -0.25) is 0 Å². The Kier molecular flexibility index (Phi) is 3.54. The second-order valence-electron chi connectivity index (χ2n) is 4.82. The van der Waals surface area contributed by atoms with E-state index < -0.39 is 5.97 Å². The summed E-state index contributed by atoms with van der Waals surface area (Å²) in [5.74, 6) is -1.03. The van der Waals surface area contributed by atoms with E-state index in [1.54, 1.807) is 36.1 Å². The molecule has 3 aromatic rings. The third-order valence-corrected chi connectivity index (χ3v) is 3.70. The first kappa shape index (κ1) is 14.5. The van der Waals surface area contributed by atoms with E-state index >= 15 is 0 Å². The summed E-state index contributed by atoms with van der Waals surface area (Å²) in [6, 6.07) is 3.38. The number of carboxylic acids is 1. The molecule has 0 spiro atoms. The van der Waals surface area contributed by atoms with Crippen molar-refractivity contribution in [1.82, 2.24) is 19.7 Å². The van der Waals surface area contributed by atoms with Crippen LogP contribution in [0, 0.1) is 6.92 Å². The Morgan fingerprint density at radius 3 is 2.86 bits per heavy atom. The summed E-state index contributed by atoms with van der Waals surface area (Å²) in [4.78, 5) is 20.1. The first-order chi connectivity index (χ1) is 10.5. The number of hydrogen-bond donors (Lipinski definition) is 1. The lowest BCUT2D eigenvalue weighted by atomic mass is 9.97. The molecule has 0 fully saturated rings. The Hall–Kier alpha value is -2.47. The quantitative estimate of drug-likeness (QED) is 0.751. The number of halogens is 1. The Bertz CT molecular complexity index is 889. The Morgan fingerprint density at radius 1 is 1.45 bits per heavy atom. The fraction of sp³-hybridized carbons (Fsp3) is 0.200. The van der Waals surface area contributed by atoms with Crippen LogP contribution in [0.15, 0.2) is 24.5 Å². The van der Waals surface area contributed by atoms with E-state index in [0.717, 1.165) is 0 Å². The number of aryl methyl sites for hydroxylation is 2. The number of aromatic nitrogens is 4. The van der Waals surface area contributed by atoms with E-state index in [4.69, 9.17) is 11.6 Å². The van der Waals surface area contributed by atoms with Crippen LogP contribution in [0.25, 0.3) is 22.2 Å². The van der Waals surface area contributed by atoms with Gasteiger partial charge in [0.1, 0.15) is 5.15 Å². The summed E-state index contributed by atoms with van der Waals surface area (Å²) in [6.45, 7) is 4.29. The number of carbonyl (C=O) groups is 1. The standard InChI is InChI=1S/C15H13ClN4O2/c1-3-20-14-10(7-18-20)13(9-4-5-17-11(16)6-9)12(15(21)22)8(2)19-14/h4-7H,3H2,1-2H3,(H,21,22). The average molecular weight is 317 g/mol. The van der Waals surface area contributed by atoms with Crippen LogP contribution in [0.2, 0.25) is 5.15 Å². The van der Waals surface area contributed by atoms with E-state index in [9.17, 15) is 9.90 Å². The summed E-state index contributed by atoms with van der Waals surface area (Å²) in [5.41, 5.74) is 2.51. The maximum atomic E-state index is 11.7. The van der Waals surface area contributed by atoms with Gasteiger partial charge < -0.3 is 5.11 Å². The van der Waals surface area contributed by atoms with Crippen molar-refractivity contribution in [2.24, 2.45) is 0 Å². The van der Waals surface area contributed by atoms with Gasteiger partial charge in [0.2, 0.25) is 0 Å². The summed E-state index contributed by atoms with van der Waals surface area (Å²) in [7, 11) is 0. The minimum absolute atomic E-state index is 0.158. The number of nitrogens with zero attached hydrogens (tertiary/aromatic N) is 4. The van der Waals surface area contributed by atoms with Crippen molar-refractivity contribution in [2.75, 3.05) is 0 Å². The smallest absolute Gasteiger partial charge is 0.338 e. The highest BCUT2D eigenvalue weighted by Gasteiger charge is 2.22. The molecule has 0 radical (unpaired) electrons. The molecule has 7 heteroatoms. The molecule has 1 N–H and O–H groups in total. The largest absolute Gasteiger partial charge is 0.478 e. The van der Waals surface area contributed by atoms with Crippen molar-refractivity contribution in [3.8, 4) is 11.1 Å². The summed E-state index contributed by atoms with van der Waals surface area (Å²) in [6.07, 6.45) is 3.19. The fourth-order valence-corrected chi connectivity index (χ4v) is 2.73. The summed E-state index contributed by atoms with van der Waals surface area (Å²) < 4.78 is 1.74. The van der Waals surface area contributed by atoms with E-state index in [0.29, 0.717) is 39.6 Å². The molecule has 0 aliphatic carbocycles. The van der Waals surface area contributed by atoms with Gasteiger partial charge in [0.15, 0.2) is 5.65 Å². The average Bonchev–Trinajstić information content (AvgIpc) is 2.87. The van der Waals surface area contributed by atoms with Crippen LogP contribution in [-0.4, -0.2) is 30.8 Å². The second kappa shape index (κ2) is 5.38. The highest BCUT2D eigenvalue weighted by atomic mass is 35.5. The van der Waals surface area contributed by atoms with Gasteiger partial charge in [0.05, 0.1) is 17.5 Å². The molecule has 0 unspecified atom stereocenters. The van der Waals surface area contributed by atoms with Crippen molar-refractivity contribution >= 4 is 28.6 Å². The number of carboxylic acid groups (broad SMARTS) is 1. The number of pyridine rings is 2. The van der Waals surface area contributed by atoms with Crippen LogP contribution in [0.1, 0.15) is 23.0 Å². The van der Waals surface area contributed by atoms with Crippen LogP contribution >= 0.6 is 11.6 Å². The van der Waals surface area contributed by atoms with E-state index in [-0.39, 0.29) is 5.56 Å². The molecule has 0 amide bonds. The molecule has 0 aliphatic heterocycles. The fourth-order valence-electron chi connectivity index (χ4n) is 2.55. The van der Waals surface area contributed by atoms with Gasteiger partial charge in [-0.05, 0) is 31.5 Å². The Balaban J connectivity index is 2.46. The van der Waals surface area contributed by atoms with E-state index in [1.807, 2.05) is 6.92 Å². The second-order valence-corrected chi connectivity index (χ2v) is 5.20. The summed E-state index contributed by atoms with van der Waals surface area (Å²) >= 11 is 5.96. The molecule has 0 bridgehead atoms. The van der Waals surface area contributed by atoms with Crippen molar-refractivity contribution in [3.63, 3.8) is 0 Å². The van der Waals surface area contributed by atoms with Gasteiger partial charge in [-0.15, -0.1) is 0 Å². The number of aromatic carboxylic acids is 1. The van der Waals surface area contributed by atoms with Crippen LogP contribution in [0.4, 0.5) is 0 Å². The van der Waals surface area contributed by atoms with Crippen LogP contribution in [0.5, 0.6) is 0 Å². The van der Waals surface area contributed by atoms with Crippen LogP contribution in [0.3, 0.4) is 0 Å². The molecule has 6 nitrogen and oxygen atoms in total.